The Bertz CT molecular complexity index is 430. The van der Waals surface area contributed by atoms with Crippen LogP contribution < -0.4 is 15.4 Å². The number of hydrogen-bond donors (Lipinski definition) is 3. The summed E-state index contributed by atoms with van der Waals surface area (Å²) >= 11 is 0. The first-order chi connectivity index (χ1) is 8.69. The van der Waals surface area contributed by atoms with Gasteiger partial charge in [0.25, 0.3) is 0 Å². The highest BCUT2D eigenvalue weighted by molar-refractivity contribution is 5.78. The Balaban J connectivity index is 1.79. The summed E-state index contributed by atoms with van der Waals surface area (Å²) in [5.74, 6) is 0.887. The second-order valence-electron chi connectivity index (χ2n) is 4.44. The zero-order valence-electron chi connectivity index (χ0n) is 10.4. The van der Waals surface area contributed by atoms with Gasteiger partial charge in [-0.25, -0.2) is 0 Å². The Morgan fingerprint density at radius 3 is 2.94 bits per heavy atom. The van der Waals surface area contributed by atoms with Crippen molar-refractivity contribution in [3.8, 4) is 11.5 Å². The zero-order valence-corrected chi connectivity index (χ0v) is 10.4. The Hall–Kier alpha value is -1.75. The normalized spacial score (nSPS) is 14.3. The number of amides is 1. The van der Waals surface area contributed by atoms with E-state index < -0.39 is 0 Å². The van der Waals surface area contributed by atoms with Crippen LogP contribution in [0.25, 0.3) is 0 Å². The average Bonchev–Trinajstić information content (AvgIpc) is 3.15. The molecule has 1 aromatic carbocycles. The molecule has 98 valence electrons. The summed E-state index contributed by atoms with van der Waals surface area (Å²) in [6.45, 7) is 0.689. The van der Waals surface area contributed by atoms with E-state index in [-0.39, 0.29) is 18.2 Å². The lowest BCUT2D eigenvalue weighted by Crippen LogP contribution is -2.34. The Labute approximate surface area is 106 Å². The van der Waals surface area contributed by atoms with Crippen LogP contribution in [0.5, 0.6) is 11.5 Å². The van der Waals surface area contributed by atoms with Crippen molar-refractivity contribution in [3.05, 3.63) is 23.8 Å². The Kier molecular flexibility index (Phi) is 4.04. The van der Waals surface area contributed by atoms with Gasteiger partial charge in [0, 0.05) is 18.2 Å². The van der Waals surface area contributed by atoms with Gasteiger partial charge in [-0.05, 0) is 31.0 Å². The van der Waals surface area contributed by atoms with Gasteiger partial charge in [0.1, 0.15) is 11.5 Å². The molecule has 0 spiro atoms. The molecule has 0 saturated heterocycles. The first-order valence-electron chi connectivity index (χ1n) is 6.05. The van der Waals surface area contributed by atoms with Gasteiger partial charge >= 0.3 is 0 Å². The molecular weight excluding hydrogens is 232 g/mol. The number of aromatic hydroxyl groups is 1. The maximum Gasteiger partial charge on any atom is 0.234 e. The molecule has 5 heteroatoms. The van der Waals surface area contributed by atoms with Crippen LogP contribution in [0.2, 0.25) is 0 Å². The van der Waals surface area contributed by atoms with E-state index in [1.807, 2.05) is 0 Å². The van der Waals surface area contributed by atoms with E-state index in [2.05, 4.69) is 10.6 Å². The molecule has 0 aromatic heterocycles. The molecule has 1 aliphatic rings. The van der Waals surface area contributed by atoms with Crippen LogP contribution in [0.1, 0.15) is 18.4 Å². The third-order valence-electron chi connectivity index (χ3n) is 2.83. The van der Waals surface area contributed by atoms with Gasteiger partial charge < -0.3 is 20.5 Å². The van der Waals surface area contributed by atoms with E-state index in [0.29, 0.717) is 23.9 Å². The summed E-state index contributed by atoms with van der Waals surface area (Å²) in [5.41, 5.74) is 0.716. The SMILES string of the molecule is COc1ccc(O)c(CNCC(=O)NC2CC2)c1. The molecule has 1 amide bonds. The highest BCUT2D eigenvalue weighted by Gasteiger charge is 2.22. The Morgan fingerprint density at radius 2 is 2.28 bits per heavy atom. The summed E-state index contributed by atoms with van der Waals surface area (Å²) in [6, 6.07) is 5.41. The van der Waals surface area contributed by atoms with Crippen LogP contribution in [0.4, 0.5) is 0 Å². The predicted octanol–water partition coefficient (Wildman–Crippen LogP) is 0.769. The number of carbonyl (C=O) groups is 1. The minimum absolute atomic E-state index is 0.000106. The van der Waals surface area contributed by atoms with Gasteiger partial charge in [0.15, 0.2) is 0 Å². The number of nitrogens with one attached hydrogen (secondary N) is 2. The minimum Gasteiger partial charge on any atom is -0.508 e. The molecule has 1 fully saturated rings. The fraction of sp³-hybridized carbons (Fsp3) is 0.462. The van der Waals surface area contributed by atoms with Gasteiger partial charge in [-0.15, -0.1) is 0 Å². The maximum atomic E-state index is 11.4. The van der Waals surface area contributed by atoms with Crippen molar-refractivity contribution in [2.45, 2.75) is 25.4 Å². The van der Waals surface area contributed by atoms with E-state index in [1.165, 1.54) is 0 Å². The monoisotopic (exact) mass is 250 g/mol. The van der Waals surface area contributed by atoms with E-state index in [9.17, 15) is 9.90 Å². The van der Waals surface area contributed by atoms with Gasteiger partial charge in [0.2, 0.25) is 5.91 Å². The summed E-state index contributed by atoms with van der Waals surface area (Å²) in [7, 11) is 1.58. The lowest BCUT2D eigenvalue weighted by Gasteiger charge is -2.09. The molecule has 0 aliphatic heterocycles. The second kappa shape index (κ2) is 5.73. The molecule has 3 N–H and O–H groups in total. The molecule has 0 radical (unpaired) electrons. The molecule has 2 rings (SSSR count). The summed E-state index contributed by atoms with van der Waals surface area (Å²) in [4.78, 5) is 11.4. The van der Waals surface area contributed by atoms with Crippen LogP contribution >= 0.6 is 0 Å². The van der Waals surface area contributed by atoms with Crippen molar-refractivity contribution in [2.75, 3.05) is 13.7 Å². The molecule has 0 bridgehead atoms. The van der Waals surface area contributed by atoms with Crippen LogP contribution in [0.15, 0.2) is 18.2 Å². The second-order valence-corrected chi connectivity index (χ2v) is 4.44. The molecule has 1 saturated carbocycles. The van der Waals surface area contributed by atoms with E-state index in [1.54, 1.807) is 25.3 Å². The molecule has 1 aliphatic carbocycles. The number of methoxy groups -OCH3 is 1. The highest BCUT2D eigenvalue weighted by Crippen LogP contribution is 2.22. The van der Waals surface area contributed by atoms with Crippen LogP contribution in [0, 0.1) is 0 Å². The maximum absolute atomic E-state index is 11.4. The number of benzene rings is 1. The first kappa shape index (κ1) is 12.7. The Morgan fingerprint density at radius 1 is 1.50 bits per heavy atom. The fourth-order valence-corrected chi connectivity index (χ4v) is 1.65. The summed E-state index contributed by atoms with van der Waals surface area (Å²) < 4.78 is 5.08. The van der Waals surface area contributed by atoms with Crippen LogP contribution in [0.3, 0.4) is 0 Å². The minimum atomic E-state index is -0.000106. The quantitative estimate of drug-likeness (QED) is 0.697. The van der Waals surface area contributed by atoms with Gasteiger partial charge in [0.05, 0.1) is 13.7 Å². The third kappa shape index (κ3) is 3.63. The van der Waals surface area contributed by atoms with Crippen molar-refractivity contribution < 1.29 is 14.6 Å². The molecule has 0 unspecified atom stereocenters. The average molecular weight is 250 g/mol. The third-order valence-corrected chi connectivity index (χ3v) is 2.83. The van der Waals surface area contributed by atoms with Crippen molar-refractivity contribution >= 4 is 5.91 Å². The van der Waals surface area contributed by atoms with E-state index in [4.69, 9.17) is 4.74 Å². The van der Waals surface area contributed by atoms with Crippen LogP contribution in [-0.4, -0.2) is 30.7 Å². The highest BCUT2D eigenvalue weighted by atomic mass is 16.5. The van der Waals surface area contributed by atoms with Crippen molar-refractivity contribution in [3.63, 3.8) is 0 Å². The smallest absolute Gasteiger partial charge is 0.234 e. The lowest BCUT2D eigenvalue weighted by molar-refractivity contribution is -0.120. The molecule has 0 heterocycles. The lowest BCUT2D eigenvalue weighted by atomic mass is 10.2. The van der Waals surface area contributed by atoms with Gasteiger partial charge in [-0.2, -0.15) is 0 Å². The molecule has 0 atom stereocenters. The summed E-state index contributed by atoms with van der Waals surface area (Å²) in [6.07, 6.45) is 2.17. The van der Waals surface area contributed by atoms with Crippen molar-refractivity contribution in [2.24, 2.45) is 0 Å². The summed E-state index contributed by atoms with van der Waals surface area (Å²) in [5, 5.41) is 15.5. The van der Waals surface area contributed by atoms with Gasteiger partial charge in [-0.1, -0.05) is 0 Å². The molecular formula is C13H18N2O3. The van der Waals surface area contributed by atoms with E-state index in [0.717, 1.165) is 12.8 Å². The zero-order chi connectivity index (χ0) is 13.0. The number of carbonyl (C=O) groups excluding carboxylic acids is 1. The molecule has 5 nitrogen and oxygen atoms in total. The fourth-order valence-electron chi connectivity index (χ4n) is 1.65. The number of phenolic OH excluding ortho intramolecular Hbond substituents is 1. The number of hydrogen-bond acceptors (Lipinski definition) is 4. The number of ether oxygens (including phenoxy) is 1. The number of phenols is 1. The topological polar surface area (TPSA) is 70.6 Å². The standard InChI is InChI=1S/C13H18N2O3/c1-18-11-4-5-12(16)9(6-11)7-14-8-13(17)15-10-2-3-10/h4-6,10,14,16H,2-3,7-8H2,1H3,(H,15,17). The number of rotatable bonds is 6. The van der Waals surface area contributed by atoms with Crippen molar-refractivity contribution in [1.82, 2.24) is 10.6 Å². The van der Waals surface area contributed by atoms with Crippen LogP contribution in [-0.2, 0) is 11.3 Å². The molecule has 1 aromatic rings. The predicted molar refractivity (Wildman–Crippen MR) is 67.5 cm³/mol. The first-order valence-corrected chi connectivity index (χ1v) is 6.05. The largest absolute Gasteiger partial charge is 0.508 e. The van der Waals surface area contributed by atoms with Crippen molar-refractivity contribution in [1.29, 1.82) is 0 Å². The van der Waals surface area contributed by atoms with Gasteiger partial charge in [-0.3, -0.25) is 4.79 Å². The van der Waals surface area contributed by atoms with E-state index >= 15 is 0 Å². The molecule has 18 heavy (non-hydrogen) atoms.